The third-order valence-corrected chi connectivity index (χ3v) is 0.961. The second-order valence-electron chi connectivity index (χ2n) is 1.72. The number of H-pyrrole nitrogens is 1. The summed E-state index contributed by atoms with van der Waals surface area (Å²) in [6, 6.07) is 10.0. The summed E-state index contributed by atoms with van der Waals surface area (Å²) in [4.78, 5) is 6.42. The molecule has 1 N–H and O–H groups in total. The molecule has 2 aromatic rings. The first kappa shape index (κ1) is 19.3. The van der Waals surface area contributed by atoms with Crippen LogP contribution in [0, 0.1) is 13.3 Å². The predicted molar refractivity (Wildman–Crippen MR) is 48.5 cm³/mol. The van der Waals surface area contributed by atoms with E-state index in [9.17, 15) is 0 Å². The first-order valence-electron chi connectivity index (χ1n) is 3.50. The molecule has 5 heteroatoms. The van der Waals surface area contributed by atoms with Gasteiger partial charge in [-0.3, -0.25) is 0 Å². The van der Waals surface area contributed by atoms with Gasteiger partial charge in [-0.05, 0) is 0 Å². The van der Waals surface area contributed by atoms with Crippen molar-refractivity contribution in [3.05, 3.63) is 62.4 Å². The van der Waals surface area contributed by atoms with E-state index in [2.05, 4.69) is 23.3 Å². The molecule has 0 aliphatic heterocycles. The summed E-state index contributed by atoms with van der Waals surface area (Å²) in [6.45, 7) is 9.00. The van der Waals surface area contributed by atoms with Crippen molar-refractivity contribution in [2.45, 2.75) is 0 Å². The molecule has 0 unspecified atom stereocenters. The molecule has 76 valence electrons. The summed E-state index contributed by atoms with van der Waals surface area (Å²) in [5, 5.41) is 0. The maximum absolute atomic E-state index is 7.50. The topological polar surface area (TPSA) is 68.5 Å². The SMILES string of the molecule is [C-]#[O+].[C-]#[O+].[Mo+2].c1c[nH]cn1.c1cc[cH-]c1. The molecule has 0 bridgehead atoms. The first-order chi connectivity index (χ1) is 7.00. The molecular formula is C10H9MoN2O2+. The smallest absolute Gasteiger partial charge is 0.351 e. The number of hydrogen-bond donors (Lipinski definition) is 1. The van der Waals surface area contributed by atoms with Crippen LogP contribution in [0.15, 0.2) is 49.1 Å². The molecule has 2 rings (SSSR count). The van der Waals surface area contributed by atoms with Crippen molar-refractivity contribution >= 4 is 0 Å². The van der Waals surface area contributed by atoms with E-state index in [1.165, 1.54) is 0 Å². The Morgan fingerprint density at radius 2 is 1.60 bits per heavy atom. The Bertz CT molecular complexity index is 221. The van der Waals surface area contributed by atoms with Gasteiger partial charge in [-0.2, -0.15) is 18.2 Å². The number of hydrogen-bond acceptors (Lipinski definition) is 1. The average molecular weight is 285 g/mol. The van der Waals surface area contributed by atoms with E-state index in [0.29, 0.717) is 0 Å². The molecular weight excluding hydrogens is 276 g/mol. The van der Waals surface area contributed by atoms with Crippen molar-refractivity contribution in [1.29, 1.82) is 0 Å². The summed E-state index contributed by atoms with van der Waals surface area (Å²) >= 11 is 0. The largest absolute Gasteiger partial charge is 2.00 e. The van der Waals surface area contributed by atoms with Crippen LogP contribution in [0.4, 0.5) is 0 Å². The molecule has 0 spiro atoms. The number of imidazole rings is 1. The molecule has 0 fully saturated rings. The van der Waals surface area contributed by atoms with Gasteiger partial charge < -0.3 is 4.98 Å². The van der Waals surface area contributed by atoms with Crippen LogP contribution >= 0.6 is 0 Å². The summed E-state index contributed by atoms with van der Waals surface area (Å²) in [7, 11) is 0. The van der Waals surface area contributed by atoms with Crippen LogP contribution < -0.4 is 0 Å². The Morgan fingerprint density at radius 1 is 1.07 bits per heavy atom. The van der Waals surface area contributed by atoms with E-state index in [0.717, 1.165) is 0 Å². The monoisotopic (exact) mass is 287 g/mol. The minimum Gasteiger partial charge on any atom is -0.351 e. The second-order valence-corrected chi connectivity index (χ2v) is 1.72. The fraction of sp³-hybridized carbons (Fsp3) is 0. The minimum atomic E-state index is 0. The second kappa shape index (κ2) is 23.0. The third kappa shape index (κ3) is 19.2. The van der Waals surface area contributed by atoms with Gasteiger partial charge in [-0.15, -0.1) is 0 Å². The van der Waals surface area contributed by atoms with E-state index in [1.54, 1.807) is 18.7 Å². The van der Waals surface area contributed by atoms with Gasteiger partial charge >= 0.3 is 43.7 Å². The Kier molecular flexibility index (Phi) is 29.6. The number of nitrogens with one attached hydrogen (secondary N) is 1. The third-order valence-electron chi connectivity index (χ3n) is 0.961. The molecule has 1 aromatic carbocycles. The minimum absolute atomic E-state index is 0. The van der Waals surface area contributed by atoms with E-state index >= 15 is 0 Å². The summed E-state index contributed by atoms with van der Waals surface area (Å²) in [5.74, 6) is 0. The molecule has 15 heavy (non-hydrogen) atoms. The molecule has 1 heterocycles. The number of nitrogens with zero attached hydrogens (tertiary/aromatic N) is 1. The number of rotatable bonds is 0. The van der Waals surface area contributed by atoms with Gasteiger partial charge in [-0.1, -0.05) is 0 Å². The molecule has 0 amide bonds. The van der Waals surface area contributed by atoms with Crippen molar-refractivity contribution in [1.82, 2.24) is 9.97 Å². The van der Waals surface area contributed by atoms with Gasteiger partial charge in [0.1, 0.15) is 0 Å². The zero-order chi connectivity index (χ0) is 11.1. The Hall–Kier alpha value is -1.27. The summed E-state index contributed by atoms with van der Waals surface area (Å²) < 4.78 is 15.0. The van der Waals surface area contributed by atoms with Crippen LogP contribution in [0.5, 0.6) is 0 Å². The molecule has 0 aliphatic rings. The van der Waals surface area contributed by atoms with Crippen LogP contribution in [0.2, 0.25) is 0 Å². The Labute approximate surface area is 103 Å². The average Bonchev–Trinajstić information content (AvgIpc) is 3.01. The van der Waals surface area contributed by atoms with Crippen molar-refractivity contribution in [2.24, 2.45) is 0 Å². The van der Waals surface area contributed by atoms with Crippen molar-refractivity contribution in [3.63, 3.8) is 0 Å². The zero-order valence-corrected chi connectivity index (χ0v) is 9.80. The molecule has 0 saturated heterocycles. The molecule has 0 atom stereocenters. The molecule has 4 nitrogen and oxygen atoms in total. The fourth-order valence-electron chi connectivity index (χ4n) is 0.536. The van der Waals surface area contributed by atoms with E-state index in [4.69, 9.17) is 9.30 Å². The first-order valence-corrected chi connectivity index (χ1v) is 3.50. The normalized spacial score (nSPS) is 5.60. The van der Waals surface area contributed by atoms with E-state index in [-0.39, 0.29) is 21.1 Å². The maximum Gasteiger partial charge on any atom is 2.00 e. The van der Waals surface area contributed by atoms with Crippen LogP contribution in [-0.4, -0.2) is 9.97 Å². The quantitative estimate of drug-likeness (QED) is 0.447. The predicted octanol–water partition coefficient (Wildman–Crippen LogP) is 1.74. The van der Waals surface area contributed by atoms with Crippen molar-refractivity contribution in [3.8, 4) is 0 Å². The van der Waals surface area contributed by atoms with Crippen LogP contribution in [0.3, 0.4) is 0 Å². The Balaban J connectivity index is -0.000000138. The van der Waals surface area contributed by atoms with Gasteiger partial charge in [-0.25, -0.2) is 17.1 Å². The van der Waals surface area contributed by atoms with Gasteiger partial charge in [0.25, 0.3) is 0 Å². The molecule has 0 aliphatic carbocycles. The van der Waals surface area contributed by atoms with Crippen LogP contribution in [-0.2, 0) is 30.4 Å². The molecule has 0 saturated carbocycles. The molecule has 0 radical (unpaired) electrons. The standard InChI is InChI=1S/C5H5.C3H4N2.2CO.Mo/c1-2-4-5-3-1;1-2-5-3-4-1;2*1-2;/h1-5H;1-3H,(H,4,5);;;/q-1;;;;+2. The van der Waals surface area contributed by atoms with E-state index < -0.39 is 0 Å². The maximum atomic E-state index is 7.50. The number of aromatic nitrogens is 2. The number of aromatic amines is 1. The van der Waals surface area contributed by atoms with Crippen LogP contribution in [0.1, 0.15) is 0 Å². The fourth-order valence-corrected chi connectivity index (χ4v) is 0.536. The zero-order valence-electron chi connectivity index (χ0n) is 7.79. The van der Waals surface area contributed by atoms with Gasteiger partial charge in [0.05, 0.1) is 6.33 Å². The Morgan fingerprint density at radius 3 is 1.73 bits per heavy atom. The molecule has 1 aromatic heterocycles. The van der Waals surface area contributed by atoms with Crippen LogP contribution in [0.25, 0.3) is 0 Å². The van der Waals surface area contributed by atoms with Gasteiger partial charge in [0.2, 0.25) is 0 Å². The van der Waals surface area contributed by atoms with Crippen molar-refractivity contribution in [2.75, 3.05) is 0 Å². The summed E-state index contributed by atoms with van der Waals surface area (Å²) in [6.07, 6.45) is 5.08. The van der Waals surface area contributed by atoms with Crippen molar-refractivity contribution < 1.29 is 30.4 Å². The van der Waals surface area contributed by atoms with Gasteiger partial charge in [0, 0.05) is 12.4 Å². The van der Waals surface area contributed by atoms with Gasteiger partial charge in [0.15, 0.2) is 0 Å². The summed E-state index contributed by atoms with van der Waals surface area (Å²) in [5.41, 5.74) is 0. The van der Waals surface area contributed by atoms with E-state index in [1.807, 2.05) is 30.3 Å².